The van der Waals surface area contributed by atoms with Crippen LogP contribution in [0.2, 0.25) is 0 Å². The molecule has 3 rings (SSSR count). The predicted octanol–water partition coefficient (Wildman–Crippen LogP) is 4.30. The fourth-order valence-corrected chi connectivity index (χ4v) is 3.68. The smallest absolute Gasteiger partial charge is 0.338 e. The summed E-state index contributed by atoms with van der Waals surface area (Å²) in [6.45, 7) is 8.27. The Morgan fingerprint density at radius 3 is 2.30 bits per heavy atom. The highest BCUT2D eigenvalue weighted by molar-refractivity contribution is 5.95. The molecule has 176 valence electrons. The number of hydrogen-bond acceptors (Lipinski definition) is 5. The van der Waals surface area contributed by atoms with Crippen molar-refractivity contribution in [3.05, 3.63) is 59.2 Å². The zero-order valence-electron chi connectivity index (χ0n) is 19.8. The molecule has 33 heavy (non-hydrogen) atoms. The molecule has 2 amide bonds. The van der Waals surface area contributed by atoms with Gasteiger partial charge in [-0.2, -0.15) is 0 Å². The number of ether oxygens (including phenoxy) is 1. The van der Waals surface area contributed by atoms with E-state index in [0.717, 1.165) is 29.7 Å². The van der Waals surface area contributed by atoms with Crippen LogP contribution in [0.4, 0.5) is 11.4 Å². The van der Waals surface area contributed by atoms with Crippen LogP contribution in [0, 0.1) is 13.8 Å². The molecular weight excluding hydrogens is 418 g/mol. The Balaban J connectivity index is 1.52. The second-order valence-corrected chi connectivity index (χ2v) is 8.85. The number of para-hydroxylation sites is 1. The normalized spacial score (nSPS) is 13.2. The maximum Gasteiger partial charge on any atom is 0.338 e. The van der Waals surface area contributed by atoms with Gasteiger partial charge < -0.3 is 15.4 Å². The van der Waals surface area contributed by atoms with E-state index in [4.69, 9.17) is 4.74 Å². The zero-order chi connectivity index (χ0) is 24.0. The number of nitrogens with zero attached hydrogens (tertiary/aromatic N) is 1. The van der Waals surface area contributed by atoms with Gasteiger partial charge in [0.2, 0.25) is 11.8 Å². The molecule has 1 fully saturated rings. The molecule has 7 nitrogen and oxygen atoms in total. The molecule has 0 atom stereocenters. The molecule has 2 N–H and O–H groups in total. The van der Waals surface area contributed by atoms with Gasteiger partial charge in [-0.1, -0.05) is 24.3 Å². The Morgan fingerprint density at radius 1 is 1.00 bits per heavy atom. The minimum Gasteiger partial charge on any atom is -0.459 e. The first-order valence-corrected chi connectivity index (χ1v) is 11.4. The Hall–Kier alpha value is -3.19. The summed E-state index contributed by atoms with van der Waals surface area (Å²) in [4.78, 5) is 39.4. The molecule has 0 bridgehead atoms. The minimum atomic E-state index is -0.420. The number of esters is 1. The molecule has 7 heteroatoms. The summed E-state index contributed by atoms with van der Waals surface area (Å²) in [5.41, 5.74) is 3.85. The number of amides is 2. The van der Waals surface area contributed by atoms with E-state index in [1.54, 1.807) is 38.1 Å². The quantitative estimate of drug-likeness (QED) is 0.526. The van der Waals surface area contributed by atoms with Crippen molar-refractivity contribution in [1.82, 2.24) is 4.90 Å². The molecule has 2 aromatic carbocycles. The van der Waals surface area contributed by atoms with E-state index in [9.17, 15) is 14.4 Å². The molecule has 0 heterocycles. The van der Waals surface area contributed by atoms with Crippen LogP contribution in [-0.4, -0.2) is 47.9 Å². The third-order valence-electron chi connectivity index (χ3n) is 5.51. The van der Waals surface area contributed by atoms with Gasteiger partial charge in [-0.25, -0.2) is 4.79 Å². The number of benzene rings is 2. The van der Waals surface area contributed by atoms with Gasteiger partial charge in [0.1, 0.15) is 0 Å². The lowest BCUT2D eigenvalue weighted by molar-refractivity contribution is -0.119. The van der Waals surface area contributed by atoms with Crippen LogP contribution >= 0.6 is 0 Å². The largest absolute Gasteiger partial charge is 0.459 e. The van der Waals surface area contributed by atoms with Crippen LogP contribution in [0.5, 0.6) is 0 Å². The molecule has 0 aromatic heterocycles. The van der Waals surface area contributed by atoms with Crippen LogP contribution in [0.1, 0.15) is 54.6 Å². The topological polar surface area (TPSA) is 87.7 Å². The van der Waals surface area contributed by atoms with Crippen LogP contribution in [0.3, 0.4) is 0 Å². The Labute approximate surface area is 195 Å². The minimum absolute atomic E-state index is 0.0731. The van der Waals surface area contributed by atoms with Crippen LogP contribution < -0.4 is 10.6 Å². The van der Waals surface area contributed by atoms with Crippen molar-refractivity contribution >= 4 is 29.2 Å². The highest BCUT2D eigenvalue weighted by Crippen LogP contribution is 2.27. The monoisotopic (exact) mass is 451 g/mol. The first-order valence-electron chi connectivity index (χ1n) is 11.4. The number of hydrogen-bond donors (Lipinski definition) is 2. The van der Waals surface area contributed by atoms with E-state index in [-0.39, 0.29) is 30.9 Å². The van der Waals surface area contributed by atoms with E-state index in [1.807, 2.05) is 32.0 Å². The van der Waals surface area contributed by atoms with Gasteiger partial charge in [0, 0.05) is 30.4 Å². The van der Waals surface area contributed by atoms with Gasteiger partial charge in [0.05, 0.1) is 18.2 Å². The van der Waals surface area contributed by atoms with Crippen molar-refractivity contribution in [2.24, 2.45) is 0 Å². The lowest BCUT2D eigenvalue weighted by atomic mass is 10.1. The fourth-order valence-electron chi connectivity index (χ4n) is 3.68. The Kier molecular flexibility index (Phi) is 8.22. The van der Waals surface area contributed by atoms with Gasteiger partial charge in [-0.05, 0) is 69.9 Å². The van der Waals surface area contributed by atoms with E-state index < -0.39 is 5.97 Å². The number of aryl methyl sites for hydroxylation is 2. The number of nitrogens with one attached hydrogen (secondary N) is 2. The third kappa shape index (κ3) is 7.43. The van der Waals surface area contributed by atoms with Gasteiger partial charge in [0.15, 0.2) is 0 Å². The molecule has 1 aliphatic rings. The van der Waals surface area contributed by atoms with Crippen molar-refractivity contribution in [1.29, 1.82) is 0 Å². The predicted molar refractivity (Wildman–Crippen MR) is 129 cm³/mol. The molecule has 2 aromatic rings. The summed E-state index contributed by atoms with van der Waals surface area (Å²) in [6.07, 6.45) is 2.13. The summed E-state index contributed by atoms with van der Waals surface area (Å²) < 4.78 is 5.21. The number of rotatable bonds is 10. The van der Waals surface area contributed by atoms with Crippen molar-refractivity contribution in [3.63, 3.8) is 0 Å². The SMILES string of the molecule is Cc1cccc(C)c1NC(=O)CN(CCC(=O)Nc1cccc(C(=O)OC(C)C)c1)C1CC1. The summed E-state index contributed by atoms with van der Waals surface area (Å²) in [7, 11) is 0. The highest BCUT2D eigenvalue weighted by atomic mass is 16.5. The van der Waals surface area contributed by atoms with E-state index in [0.29, 0.717) is 23.8 Å². The number of carbonyl (C=O) groups is 3. The van der Waals surface area contributed by atoms with Crippen molar-refractivity contribution in [3.8, 4) is 0 Å². The molecule has 0 aliphatic heterocycles. The fraction of sp³-hybridized carbons (Fsp3) is 0.423. The lowest BCUT2D eigenvalue weighted by Crippen LogP contribution is -2.37. The van der Waals surface area contributed by atoms with Crippen LogP contribution in [0.25, 0.3) is 0 Å². The van der Waals surface area contributed by atoms with Crippen molar-refractivity contribution < 1.29 is 19.1 Å². The van der Waals surface area contributed by atoms with Gasteiger partial charge in [-0.3, -0.25) is 14.5 Å². The molecular formula is C26H33N3O4. The molecule has 0 unspecified atom stereocenters. The van der Waals surface area contributed by atoms with Gasteiger partial charge in [-0.15, -0.1) is 0 Å². The third-order valence-corrected chi connectivity index (χ3v) is 5.51. The molecule has 1 saturated carbocycles. The first kappa shape index (κ1) is 24.5. The summed E-state index contributed by atoms with van der Waals surface area (Å²) >= 11 is 0. The maximum atomic E-state index is 12.7. The Morgan fingerprint density at radius 2 is 1.67 bits per heavy atom. The molecule has 0 radical (unpaired) electrons. The number of anilines is 2. The average molecular weight is 452 g/mol. The van der Waals surface area contributed by atoms with Crippen LogP contribution in [0.15, 0.2) is 42.5 Å². The molecule has 0 saturated heterocycles. The lowest BCUT2D eigenvalue weighted by Gasteiger charge is -2.22. The zero-order valence-corrected chi connectivity index (χ0v) is 19.8. The Bertz CT molecular complexity index is 994. The van der Waals surface area contributed by atoms with E-state index >= 15 is 0 Å². The van der Waals surface area contributed by atoms with E-state index in [2.05, 4.69) is 15.5 Å². The molecule has 1 aliphatic carbocycles. The maximum absolute atomic E-state index is 12.7. The van der Waals surface area contributed by atoms with Crippen LogP contribution in [-0.2, 0) is 14.3 Å². The summed E-state index contributed by atoms with van der Waals surface area (Å²) in [5, 5.41) is 5.86. The summed E-state index contributed by atoms with van der Waals surface area (Å²) in [6, 6.07) is 13.0. The first-order chi connectivity index (χ1) is 15.7. The summed E-state index contributed by atoms with van der Waals surface area (Å²) in [5.74, 6) is -0.655. The molecule has 0 spiro atoms. The number of carbonyl (C=O) groups excluding carboxylic acids is 3. The van der Waals surface area contributed by atoms with Gasteiger partial charge >= 0.3 is 5.97 Å². The average Bonchev–Trinajstić information content (AvgIpc) is 3.59. The van der Waals surface area contributed by atoms with Gasteiger partial charge in [0.25, 0.3) is 0 Å². The van der Waals surface area contributed by atoms with Crippen molar-refractivity contribution in [2.75, 3.05) is 23.7 Å². The second-order valence-electron chi connectivity index (χ2n) is 8.85. The van der Waals surface area contributed by atoms with E-state index in [1.165, 1.54) is 0 Å². The van der Waals surface area contributed by atoms with Crippen molar-refractivity contribution in [2.45, 2.75) is 59.1 Å². The highest BCUT2D eigenvalue weighted by Gasteiger charge is 2.30. The second kappa shape index (κ2) is 11.1. The standard InChI is InChI=1S/C26H33N3O4/c1-17(2)33-26(32)20-9-6-10-21(15-20)27-23(30)13-14-29(22-11-12-22)16-24(31)28-25-18(3)7-5-8-19(25)4/h5-10,15,17,22H,11-14,16H2,1-4H3,(H,27,30)(H,28,31).